The lowest BCUT2D eigenvalue weighted by Gasteiger charge is -2.19. The second-order valence-corrected chi connectivity index (χ2v) is 4.82. The second-order valence-electron chi connectivity index (χ2n) is 4.82. The lowest BCUT2D eigenvalue weighted by atomic mass is 10.1. The summed E-state index contributed by atoms with van der Waals surface area (Å²) in [6.07, 6.45) is -3.09. The maximum atomic E-state index is 12.1. The summed E-state index contributed by atoms with van der Waals surface area (Å²) in [5.41, 5.74) is 0.915. The molecule has 5 heteroatoms. The Bertz CT molecular complexity index is 376. The molecule has 106 valence electrons. The molecule has 0 saturated heterocycles. The van der Waals surface area contributed by atoms with E-state index < -0.39 is 12.6 Å². The van der Waals surface area contributed by atoms with E-state index in [0.29, 0.717) is 12.6 Å². The highest BCUT2D eigenvalue weighted by Gasteiger charge is 2.28. The van der Waals surface area contributed by atoms with Crippen LogP contribution in [0.15, 0.2) is 30.3 Å². The first-order chi connectivity index (χ1) is 9.04. The molecular formula is C14H18F3NO. The number of benzene rings is 1. The Morgan fingerprint density at radius 1 is 1.21 bits per heavy atom. The molecule has 2 nitrogen and oxygen atoms in total. The smallest absolute Gasteiger partial charge is 0.372 e. The molecule has 0 amide bonds. The van der Waals surface area contributed by atoms with E-state index in [1.807, 2.05) is 30.3 Å². The van der Waals surface area contributed by atoms with Gasteiger partial charge in [-0.2, -0.15) is 13.2 Å². The van der Waals surface area contributed by atoms with Gasteiger partial charge in [-0.1, -0.05) is 30.3 Å². The van der Waals surface area contributed by atoms with Crippen LogP contribution in [0.4, 0.5) is 13.2 Å². The molecule has 1 aromatic carbocycles. The SMILES string of the molecule is FC(F)(F)CCOC(CNC1CC1)c1ccccc1. The maximum absolute atomic E-state index is 12.1. The molecule has 1 fully saturated rings. The summed E-state index contributed by atoms with van der Waals surface area (Å²) in [5.74, 6) is 0. The molecule has 1 aliphatic carbocycles. The minimum Gasteiger partial charge on any atom is -0.372 e. The van der Waals surface area contributed by atoms with Crippen molar-refractivity contribution in [3.8, 4) is 0 Å². The third kappa shape index (κ3) is 5.61. The van der Waals surface area contributed by atoms with E-state index in [9.17, 15) is 13.2 Å². The van der Waals surface area contributed by atoms with Crippen molar-refractivity contribution in [3.05, 3.63) is 35.9 Å². The third-order valence-corrected chi connectivity index (χ3v) is 3.05. The van der Waals surface area contributed by atoms with Crippen molar-refractivity contribution in [2.75, 3.05) is 13.2 Å². The van der Waals surface area contributed by atoms with Gasteiger partial charge >= 0.3 is 6.18 Å². The van der Waals surface area contributed by atoms with Gasteiger partial charge in [0.1, 0.15) is 0 Å². The number of hydrogen-bond donors (Lipinski definition) is 1. The average molecular weight is 273 g/mol. The standard InChI is InChI=1S/C14H18F3NO/c15-14(16,17)8-9-19-13(10-18-12-6-7-12)11-4-2-1-3-5-11/h1-5,12-13,18H,6-10H2. The van der Waals surface area contributed by atoms with Gasteiger partial charge < -0.3 is 10.1 Å². The fraction of sp³-hybridized carbons (Fsp3) is 0.571. The number of ether oxygens (including phenoxy) is 1. The number of halogens is 3. The van der Waals surface area contributed by atoms with E-state index in [4.69, 9.17) is 4.74 Å². The van der Waals surface area contributed by atoms with Gasteiger partial charge in [-0.05, 0) is 18.4 Å². The third-order valence-electron chi connectivity index (χ3n) is 3.05. The summed E-state index contributed by atoms with van der Waals surface area (Å²) < 4.78 is 41.8. The maximum Gasteiger partial charge on any atom is 0.391 e. The van der Waals surface area contributed by atoms with E-state index in [1.165, 1.54) is 0 Å². The van der Waals surface area contributed by atoms with Gasteiger partial charge in [0.05, 0.1) is 19.1 Å². The quantitative estimate of drug-likeness (QED) is 0.821. The fourth-order valence-corrected chi connectivity index (χ4v) is 1.82. The first-order valence-corrected chi connectivity index (χ1v) is 6.51. The van der Waals surface area contributed by atoms with Gasteiger partial charge in [-0.3, -0.25) is 0 Å². The largest absolute Gasteiger partial charge is 0.391 e. The Morgan fingerprint density at radius 2 is 1.89 bits per heavy atom. The fourth-order valence-electron chi connectivity index (χ4n) is 1.82. The molecule has 1 unspecified atom stereocenters. The van der Waals surface area contributed by atoms with E-state index in [-0.39, 0.29) is 12.7 Å². The highest BCUT2D eigenvalue weighted by atomic mass is 19.4. The average Bonchev–Trinajstić information content (AvgIpc) is 3.17. The van der Waals surface area contributed by atoms with Gasteiger partial charge in [0.15, 0.2) is 0 Å². The zero-order valence-corrected chi connectivity index (χ0v) is 10.6. The van der Waals surface area contributed by atoms with Crippen molar-refractivity contribution in [3.63, 3.8) is 0 Å². The number of alkyl halides is 3. The monoisotopic (exact) mass is 273 g/mol. The second kappa shape index (κ2) is 6.39. The van der Waals surface area contributed by atoms with E-state index in [1.54, 1.807) is 0 Å². The van der Waals surface area contributed by atoms with Crippen molar-refractivity contribution < 1.29 is 17.9 Å². The molecule has 1 N–H and O–H groups in total. The minimum absolute atomic E-state index is 0.296. The van der Waals surface area contributed by atoms with E-state index >= 15 is 0 Å². The van der Waals surface area contributed by atoms with Crippen molar-refractivity contribution in [1.82, 2.24) is 5.32 Å². The Hall–Kier alpha value is -1.07. The summed E-state index contributed by atoms with van der Waals surface area (Å²) in [6.45, 7) is 0.266. The van der Waals surface area contributed by atoms with Crippen LogP contribution in [0.1, 0.15) is 30.9 Å². The van der Waals surface area contributed by atoms with Crippen LogP contribution in [0.5, 0.6) is 0 Å². The highest BCUT2D eigenvalue weighted by molar-refractivity contribution is 5.18. The van der Waals surface area contributed by atoms with Crippen molar-refractivity contribution in [2.45, 2.75) is 37.6 Å². The molecular weight excluding hydrogens is 255 g/mol. The molecule has 19 heavy (non-hydrogen) atoms. The summed E-state index contributed by atoms with van der Waals surface area (Å²) in [4.78, 5) is 0. The lowest BCUT2D eigenvalue weighted by Crippen LogP contribution is -2.26. The van der Waals surface area contributed by atoms with Crippen molar-refractivity contribution >= 4 is 0 Å². The zero-order chi connectivity index (χ0) is 13.7. The van der Waals surface area contributed by atoms with Gasteiger partial charge in [0.25, 0.3) is 0 Å². The van der Waals surface area contributed by atoms with Crippen LogP contribution in [-0.4, -0.2) is 25.4 Å². The van der Waals surface area contributed by atoms with E-state index in [2.05, 4.69) is 5.32 Å². The molecule has 1 aromatic rings. The zero-order valence-electron chi connectivity index (χ0n) is 10.6. The summed E-state index contributed by atoms with van der Waals surface area (Å²) >= 11 is 0. The molecule has 1 saturated carbocycles. The number of nitrogens with one attached hydrogen (secondary N) is 1. The molecule has 1 aliphatic rings. The molecule has 0 aliphatic heterocycles. The van der Waals surface area contributed by atoms with Crippen molar-refractivity contribution in [2.24, 2.45) is 0 Å². The van der Waals surface area contributed by atoms with E-state index in [0.717, 1.165) is 18.4 Å². The van der Waals surface area contributed by atoms with Gasteiger partial charge in [-0.15, -0.1) is 0 Å². The van der Waals surface area contributed by atoms with Crippen LogP contribution in [0.2, 0.25) is 0 Å². The Labute approximate surface area is 111 Å². The number of rotatable bonds is 7. The van der Waals surface area contributed by atoms with Crippen LogP contribution >= 0.6 is 0 Å². The molecule has 2 rings (SSSR count). The molecule has 0 spiro atoms. The first-order valence-electron chi connectivity index (χ1n) is 6.51. The van der Waals surface area contributed by atoms with Crippen LogP contribution < -0.4 is 5.32 Å². The molecule has 0 aromatic heterocycles. The normalized spacial score (nSPS) is 17.4. The van der Waals surface area contributed by atoms with Crippen LogP contribution in [0.25, 0.3) is 0 Å². The minimum atomic E-state index is -4.16. The molecule has 0 bridgehead atoms. The van der Waals surface area contributed by atoms with Crippen LogP contribution in [-0.2, 0) is 4.74 Å². The van der Waals surface area contributed by atoms with Gasteiger partial charge in [-0.25, -0.2) is 0 Å². The molecule has 1 atom stereocenters. The Kier molecular flexibility index (Phi) is 4.82. The predicted molar refractivity (Wildman–Crippen MR) is 66.8 cm³/mol. The Balaban J connectivity index is 1.86. The Morgan fingerprint density at radius 3 is 2.47 bits per heavy atom. The highest BCUT2D eigenvalue weighted by Crippen LogP contribution is 2.24. The molecule has 0 heterocycles. The summed E-state index contributed by atoms with van der Waals surface area (Å²) in [5, 5.41) is 3.30. The van der Waals surface area contributed by atoms with Gasteiger partial charge in [0.2, 0.25) is 0 Å². The van der Waals surface area contributed by atoms with Crippen LogP contribution in [0, 0.1) is 0 Å². The van der Waals surface area contributed by atoms with Crippen LogP contribution in [0.3, 0.4) is 0 Å². The lowest BCUT2D eigenvalue weighted by molar-refractivity contribution is -0.149. The number of hydrogen-bond acceptors (Lipinski definition) is 2. The van der Waals surface area contributed by atoms with Crippen molar-refractivity contribution in [1.29, 1.82) is 0 Å². The summed E-state index contributed by atoms with van der Waals surface area (Å²) in [6, 6.07) is 9.89. The topological polar surface area (TPSA) is 21.3 Å². The summed E-state index contributed by atoms with van der Waals surface area (Å²) in [7, 11) is 0. The van der Waals surface area contributed by atoms with Gasteiger partial charge in [0, 0.05) is 12.6 Å². The first kappa shape index (κ1) is 14.3. The molecule has 0 radical (unpaired) electrons. The predicted octanol–water partition coefficient (Wildman–Crippen LogP) is 3.45.